The molecule has 0 spiro atoms. The molecule has 1 amide bonds. The normalized spacial score (nSPS) is 13.0. The number of aliphatic hydroxyl groups is 1. The minimum absolute atomic E-state index is 0.0176. The van der Waals surface area contributed by atoms with E-state index in [-0.39, 0.29) is 27.2 Å². The number of rotatable bonds is 8. The van der Waals surface area contributed by atoms with Crippen molar-refractivity contribution in [3.63, 3.8) is 0 Å². The van der Waals surface area contributed by atoms with E-state index >= 15 is 0 Å². The van der Waals surface area contributed by atoms with Gasteiger partial charge in [0, 0.05) is 18.6 Å². The first kappa shape index (κ1) is 27.4. The van der Waals surface area contributed by atoms with Crippen LogP contribution in [0.4, 0.5) is 30.6 Å². The summed E-state index contributed by atoms with van der Waals surface area (Å²) in [5, 5.41) is 18.4. The maximum Gasteiger partial charge on any atom is 0.418 e. The summed E-state index contributed by atoms with van der Waals surface area (Å²) in [6, 6.07) is 5.27. The molecule has 0 aliphatic rings. The number of nitrogens with zero attached hydrogens (tertiary/aromatic N) is 5. The summed E-state index contributed by atoms with van der Waals surface area (Å²) < 4.78 is 39.3. The number of aromatic nitrogens is 5. The van der Waals surface area contributed by atoms with Crippen molar-refractivity contribution in [3.05, 3.63) is 80.4 Å². The van der Waals surface area contributed by atoms with Crippen LogP contribution in [0.1, 0.15) is 45.1 Å². The monoisotopic (exact) mass is 584 g/mol. The second-order valence-electron chi connectivity index (χ2n) is 7.61. The molecule has 0 aliphatic heterocycles. The summed E-state index contributed by atoms with van der Waals surface area (Å²) in [4.78, 5) is 33.2. The van der Waals surface area contributed by atoms with Crippen LogP contribution in [0, 0.1) is 0 Å². The zero-order valence-electron chi connectivity index (χ0n) is 19.2. The minimum Gasteiger partial charge on any atom is -0.369 e. The minimum atomic E-state index is -4.69. The molecule has 38 heavy (non-hydrogen) atoms. The van der Waals surface area contributed by atoms with Crippen LogP contribution in [0.15, 0.2) is 49.2 Å². The molecular weight excluding hydrogens is 568 g/mol. The lowest BCUT2D eigenvalue weighted by Gasteiger charge is -2.15. The summed E-state index contributed by atoms with van der Waals surface area (Å²) >= 11 is 12.9. The van der Waals surface area contributed by atoms with E-state index in [1.165, 1.54) is 12.5 Å². The maximum absolute atomic E-state index is 13.1. The number of carbonyl (C=O) groups is 1. The Hall–Kier alpha value is -3.59. The molecule has 0 saturated heterocycles. The predicted molar refractivity (Wildman–Crippen MR) is 135 cm³/mol. The molecule has 0 saturated carbocycles. The molecule has 10 nitrogen and oxygen atoms in total. The van der Waals surface area contributed by atoms with Crippen LogP contribution < -0.4 is 16.0 Å². The summed E-state index contributed by atoms with van der Waals surface area (Å²) in [7, 11) is 0. The third-order valence-corrected chi connectivity index (χ3v) is 6.78. The Morgan fingerprint density at radius 1 is 1.08 bits per heavy atom. The van der Waals surface area contributed by atoms with E-state index < -0.39 is 34.9 Å². The Kier molecular flexibility index (Phi) is 8.26. The Bertz CT molecular complexity index is 1440. The molecule has 1 unspecified atom stereocenters. The van der Waals surface area contributed by atoms with Crippen LogP contribution >= 0.6 is 34.5 Å². The highest BCUT2D eigenvalue weighted by Crippen LogP contribution is 2.36. The number of hydrogen-bond donors (Lipinski definition) is 4. The number of halogens is 5. The molecule has 4 aromatic rings. The zero-order valence-corrected chi connectivity index (χ0v) is 21.5. The molecule has 0 aromatic carbocycles. The Morgan fingerprint density at radius 3 is 2.58 bits per heavy atom. The van der Waals surface area contributed by atoms with Gasteiger partial charge in [-0.2, -0.15) is 13.2 Å². The zero-order chi connectivity index (χ0) is 27.4. The van der Waals surface area contributed by atoms with E-state index in [0.29, 0.717) is 16.9 Å². The van der Waals surface area contributed by atoms with E-state index in [0.717, 1.165) is 17.5 Å². The van der Waals surface area contributed by atoms with E-state index in [1.807, 2.05) is 0 Å². The summed E-state index contributed by atoms with van der Waals surface area (Å²) in [6.45, 7) is 1.65. The lowest BCUT2D eigenvalue weighted by molar-refractivity contribution is -0.137. The van der Waals surface area contributed by atoms with Gasteiger partial charge in [-0.1, -0.05) is 29.3 Å². The third-order valence-electron chi connectivity index (χ3n) is 4.89. The first-order valence-electron chi connectivity index (χ1n) is 10.6. The van der Waals surface area contributed by atoms with Crippen LogP contribution in [0.25, 0.3) is 0 Å². The number of thiazole rings is 1. The molecule has 0 aliphatic carbocycles. The molecule has 4 aromatic heterocycles. The SMILES string of the molecule is CC(NC(=O)c1ncnc(Nc2ccccn2)c1Cl)c1ncc([C@@H](O)Nc2cc(C(F)(F)F)c(Cl)cn2)s1. The van der Waals surface area contributed by atoms with Gasteiger partial charge in [0.15, 0.2) is 17.7 Å². The largest absolute Gasteiger partial charge is 0.418 e. The quantitative estimate of drug-likeness (QED) is 0.201. The number of hydrogen-bond acceptors (Lipinski definition) is 10. The van der Waals surface area contributed by atoms with Crippen LogP contribution in [-0.2, 0) is 6.18 Å². The molecule has 2 atom stereocenters. The Morgan fingerprint density at radius 2 is 1.87 bits per heavy atom. The molecule has 4 heterocycles. The van der Waals surface area contributed by atoms with Crippen molar-refractivity contribution in [2.24, 2.45) is 0 Å². The van der Waals surface area contributed by atoms with Crippen molar-refractivity contribution in [1.29, 1.82) is 0 Å². The van der Waals surface area contributed by atoms with E-state index in [2.05, 4.69) is 40.9 Å². The third kappa shape index (κ3) is 6.45. The molecule has 198 valence electrons. The molecule has 0 bridgehead atoms. The fourth-order valence-electron chi connectivity index (χ4n) is 3.07. The second kappa shape index (κ2) is 11.4. The number of amides is 1. The summed E-state index contributed by atoms with van der Waals surface area (Å²) in [5.41, 5.74) is -1.17. The van der Waals surface area contributed by atoms with E-state index in [4.69, 9.17) is 23.2 Å². The van der Waals surface area contributed by atoms with Crippen molar-refractivity contribution >= 4 is 57.9 Å². The first-order valence-corrected chi connectivity index (χ1v) is 12.2. The second-order valence-corrected chi connectivity index (χ2v) is 9.49. The molecule has 0 radical (unpaired) electrons. The van der Waals surface area contributed by atoms with Gasteiger partial charge in [-0.15, -0.1) is 11.3 Å². The summed E-state index contributed by atoms with van der Waals surface area (Å²) in [6.07, 6.45) is -1.19. The number of pyridine rings is 2. The van der Waals surface area contributed by atoms with Gasteiger partial charge in [-0.3, -0.25) is 4.79 Å². The van der Waals surface area contributed by atoms with Gasteiger partial charge in [-0.25, -0.2) is 24.9 Å². The van der Waals surface area contributed by atoms with Crippen molar-refractivity contribution in [3.8, 4) is 0 Å². The number of alkyl halides is 3. The van der Waals surface area contributed by atoms with Crippen LogP contribution in [-0.4, -0.2) is 35.9 Å². The van der Waals surface area contributed by atoms with Crippen LogP contribution in [0.3, 0.4) is 0 Å². The Balaban J connectivity index is 1.42. The standard InChI is InChI=1S/C22H17Cl2F3N8O2S/c1-10(33-20(37)17-16(24)18(32-9-31-17)34-14-4-2-3-5-28-14)21-30-8-13(38-21)19(36)35-15-6-11(22(25,26)27)12(23)7-29-15/h2-10,19,36H,1H3,(H,29,35)(H,33,37)(H,28,31,32,34)/t10?,19-/m1/s1. The Labute approximate surface area is 227 Å². The van der Waals surface area contributed by atoms with Gasteiger partial charge in [0.05, 0.1) is 21.5 Å². The molecule has 16 heteroatoms. The highest BCUT2D eigenvalue weighted by atomic mass is 35.5. The highest BCUT2D eigenvalue weighted by molar-refractivity contribution is 7.11. The molecule has 0 fully saturated rings. The van der Waals surface area contributed by atoms with Crippen molar-refractivity contribution in [1.82, 2.24) is 30.2 Å². The average molecular weight is 585 g/mol. The molecular formula is C22H17Cl2F3N8O2S. The highest BCUT2D eigenvalue weighted by Gasteiger charge is 2.34. The van der Waals surface area contributed by atoms with Gasteiger partial charge in [0.2, 0.25) is 0 Å². The van der Waals surface area contributed by atoms with Crippen molar-refractivity contribution in [2.45, 2.75) is 25.4 Å². The van der Waals surface area contributed by atoms with Gasteiger partial charge < -0.3 is 21.1 Å². The number of aliphatic hydroxyl groups excluding tert-OH is 1. The van der Waals surface area contributed by atoms with Gasteiger partial charge in [0.25, 0.3) is 5.91 Å². The van der Waals surface area contributed by atoms with Crippen molar-refractivity contribution < 1.29 is 23.1 Å². The van der Waals surface area contributed by atoms with Gasteiger partial charge in [-0.05, 0) is 25.1 Å². The predicted octanol–water partition coefficient (Wildman–Crippen LogP) is 5.39. The number of anilines is 3. The lowest BCUT2D eigenvalue weighted by Crippen LogP contribution is -2.28. The smallest absolute Gasteiger partial charge is 0.369 e. The van der Waals surface area contributed by atoms with E-state index in [9.17, 15) is 23.1 Å². The van der Waals surface area contributed by atoms with Gasteiger partial charge >= 0.3 is 6.18 Å². The van der Waals surface area contributed by atoms with Crippen LogP contribution in [0.5, 0.6) is 0 Å². The lowest BCUT2D eigenvalue weighted by atomic mass is 10.2. The fraction of sp³-hybridized carbons (Fsp3) is 0.182. The van der Waals surface area contributed by atoms with Crippen molar-refractivity contribution in [2.75, 3.05) is 10.6 Å². The first-order chi connectivity index (χ1) is 18.0. The summed E-state index contributed by atoms with van der Waals surface area (Å²) in [5.74, 6) is -0.180. The number of nitrogens with one attached hydrogen (secondary N) is 3. The number of carbonyl (C=O) groups excluding carboxylic acids is 1. The fourth-order valence-corrected chi connectivity index (χ4v) is 4.37. The topological polar surface area (TPSA) is 138 Å². The van der Waals surface area contributed by atoms with Gasteiger partial charge in [0.1, 0.15) is 28.0 Å². The average Bonchev–Trinajstić information content (AvgIpc) is 3.37. The maximum atomic E-state index is 13.1. The molecule has 4 N–H and O–H groups in total. The van der Waals surface area contributed by atoms with Crippen LogP contribution in [0.2, 0.25) is 10.0 Å². The van der Waals surface area contributed by atoms with E-state index in [1.54, 1.807) is 31.3 Å². The molecule has 4 rings (SSSR count).